The van der Waals surface area contributed by atoms with Gasteiger partial charge in [0.25, 0.3) is 0 Å². The van der Waals surface area contributed by atoms with E-state index in [1.54, 1.807) is 31.5 Å². The molecule has 4 heterocycles. The minimum absolute atomic E-state index is 0.114. The number of H-pyrrole nitrogens is 1. The molecule has 4 aromatic rings. The van der Waals surface area contributed by atoms with Gasteiger partial charge >= 0.3 is 0 Å². The fourth-order valence-electron chi connectivity index (χ4n) is 3.66. The Hall–Kier alpha value is -3.36. The van der Waals surface area contributed by atoms with Gasteiger partial charge in [-0.3, -0.25) is 5.10 Å². The molecule has 0 fully saturated rings. The minimum Gasteiger partial charge on any atom is -0.454 e. The molecular formula is C21H24N8O4S2. The molecule has 0 radical (unpaired) electrons. The highest BCUT2D eigenvalue weighted by atomic mass is 32.2. The van der Waals surface area contributed by atoms with Crippen LogP contribution in [0.15, 0.2) is 40.8 Å². The summed E-state index contributed by atoms with van der Waals surface area (Å²) in [7, 11) is -3.57. The van der Waals surface area contributed by atoms with Crippen molar-refractivity contribution in [3.05, 3.63) is 30.7 Å². The lowest BCUT2D eigenvalue weighted by Crippen LogP contribution is -2.42. The zero-order valence-electron chi connectivity index (χ0n) is 19.3. The van der Waals surface area contributed by atoms with Crippen LogP contribution in [0.2, 0.25) is 0 Å². The molecule has 1 aliphatic rings. The van der Waals surface area contributed by atoms with E-state index in [4.69, 9.17) is 15.2 Å². The van der Waals surface area contributed by atoms with Crippen molar-refractivity contribution in [3.8, 4) is 22.8 Å². The normalized spacial score (nSPS) is 13.6. The Labute approximate surface area is 205 Å². The molecule has 0 atom stereocenters. The number of aromatic nitrogens is 6. The highest BCUT2D eigenvalue weighted by molar-refractivity contribution is 7.99. The number of fused-ring (bicyclic) bond motifs is 2. The Morgan fingerprint density at radius 3 is 2.71 bits per heavy atom. The Morgan fingerprint density at radius 2 is 2.00 bits per heavy atom. The van der Waals surface area contributed by atoms with Gasteiger partial charge in [0.1, 0.15) is 6.33 Å². The van der Waals surface area contributed by atoms with Crippen molar-refractivity contribution < 1.29 is 17.9 Å². The molecule has 0 spiro atoms. The van der Waals surface area contributed by atoms with Crippen LogP contribution in [0.4, 0.5) is 5.82 Å². The van der Waals surface area contributed by atoms with Crippen molar-refractivity contribution in [2.24, 2.45) is 0 Å². The summed E-state index contributed by atoms with van der Waals surface area (Å²) >= 11 is 1.33. The van der Waals surface area contributed by atoms with Crippen LogP contribution >= 0.6 is 11.8 Å². The summed E-state index contributed by atoms with van der Waals surface area (Å²) in [5.41, 5.74) is 7.84. The van der Waals surface area contributed by atoms with Crippen molar-refractivity contribution in [3.63, 3.8) is 0 Å². The summed E-state index contributed by atoms with van der Waals surface area (Å²) in [5, 5.41) is 7.63. The first-order valence-electron chi connectivity index (χ1n) is 10.7. The molecule has 14 heteroatoms. The number of imidazole rings is 1. The summed E-state index contributed by atoms with van der Waals surface area (Å²) in [6.07, 6.45) is 3.06. The van der Waals surface area contributed by atoms with Gasteiger partial charge in [0.2, 0.25) is 16.8 Å². The number of benzene rings is 1. The predicted octanol–water partition coefficient (Wildman–Crippen LogP) is 2.40. The minimum atomic E-state index is -3.57. The second-order valence-electron chi connectivity index (χ2n) is 8.91. The third kappa shape index (κ3) is 4.90. The van der Waals surface area contributed by atoms with Crippen LogP contribution in [0.1, 0.15) is 20.8 Å². The molecule has 0 amide bonds. The molecule has 35 heavy (non-hydrogen) atoms. The first-order valence-corrected chi connectivity index (χ1v) is 13.2. The van der Waals surface area contributed by atoms with Crippen LogP contribution in [0, 0.1) is 0 Å². The van der Waals surface area contributed by atoms with Crippen LogP contribution in [-0.4, -0.2) is 56.2 Å². The fourth-order valence-corrected chi connectivity index (χ4v) is 6.18. The first-order chi connectivity index (χ1) is 16.6. The van der Waals surface area contributed by atoms with Crippen molar-refractivity contribution >= 4 is 38.8 Å². The number of nitrogen functional groups attached to an aromatic ring is 1. The van der Waals surface area contributed by atoms with Gasteiger partial charge in [0, 0.05) is 28.7 Å². The number of hydrogen-bond donors (Lipinski definition) is 3. The molecule has 0 saturated carbocycles. The van der Waals surface area contributed by atoms with Gasteiger partial charge in [-0.15, -0.1) is 0 Å². The SMILES string of the molecule is CC(C)(C)NS(=O)(=O)CCn1c(Sc2cc3c(cc2-c2cc[nH]n2)OCO3)nc2c(N)ncnc21. The van der Waals surface area contributed by atoms with E-state index in [0.717, 1.165) is 10.5 Å². The fraction of sp³-hybridized carbons (Fsp3) is 0.333. The van der Waals surface area contributed by atoms with Crippen molar-refractivity contribution in [1.29, 1.82) is 0 Å². The van der Waals surface area contributed by atoms with Crippen molar-refractivity contribution in [2.75, 3.05) is 18.3 Å². The van der Waals surface area contributed by atoms with Gasteiger partial charge in [0.15, 0.2) is 33.6 Å². The summed E-state index contributed by atoms with van der Waals surface area (Å²) in [4.78, 5) is 13.8. The summed E-state index contributed by atoms with van der Waals surface area (Å²) in [6, 6.07) is 5.56. The Bertz CT molecular complexity index is 1490. The molecule has 0 aliphatic carbocycles. The molecule has 0 saturated heterocycles. The molecule has 4 N–H and O–H groups in total. The van der Waals surface area contributed by atoms with E-state index in [1.807, 2.05) is 18.2 Å². The number of nitrogens with two attached hydrogens (primary N) is 1. The van der Waals surface area contributed by atoms with Gasteiger partial charge in [-0.05, 0) is 39.0 Å². The van der Waals surface area contributed by atoms with Crippen LogP contribution in [0.25, 0.3) is 22.4 Å². The van der Waals surface area contributed by atoms with Crippen molar-refractivity contribution in [2.45, 2.75) is 42.9 Å². The van der Waals surface area contributed by atoms with Gasteiger partial charge in [-0.2, -0.15) is 5.10 Å². The van der Waals surface area contributed by atoms with Crippen LogP contribution in [0.3, 0.4) is 0 Å². The Kier molecular flexibility index (Phi) is 5.81. The zero-order valence-corrected chi connectivity index (χ0v) is 20.9. The summed E-state index contributed by atoms with van der Waals surface area (Å²) < 4.78 is 40.9. The number of rotatable bonds is 7. The molecule has 1 aliphatic heterocycles. The van der Waals surface area contributed by atoms with Crippen LogP contribution < -0.4 is 19.9 Å². The largest absolute Gasteiger partial charge is 0.454 e. The van der Waals surface area contributed by atoms with E-state index in [9.17, 15) is 8.42 Å². The molecule has 0 bridgehead atoms. The van der Waals surface area contributed by atoms with Gasteiger partial charge in [-0.1, -0.05) is 11.8 Å². The van der Waals surface area contributed by atoms with Gasteiger partial charge in [0.05, 0.1) is 11.4 Å². The maximum atomic E-state index is 12.7. The second-order valence-corrected chi connectivity index (χ2v) is 11.8. The number of nitrogens with zero attached hydrogens (tertiary/aromatic N) is 5. The third-order valence-electron chi connectivity index (χ3n) is 5.02. The lowest BCUT2D eigenvalue weighted by atomic mass is 10.1. The number of aromatic amines is 1. The monoisotopic (exact) mass is 516 g/mol. The number of ether oxygens (including phenoxy) is 2. The third-order valence-corrected chi connectivity index (χ3v) is 7.72. The molecule has 184 valence electrons. The zero-order chi connectivity index (χ0) is 24.8. The van der Waals surface area contributed by atoms with E-state index < -0.39 is 15.6 Å². The Morgan fingerprint density at radius 1 is 1.23 bits per heavy atom. The lowest BCUT2D eigenvalue weighted by molar-refractivity contribution is 0.174. The topological polar surface area (TPSA) is 163 Å². The van der Waals surface area contributed by atoms with Gasteiger partial charge in [-0.25, -0.2) is 28.1 Å². The van der Waals surface area contributed by atoms with Crippen molar-refractivity contribution in [1.82, 2.24) is 34.4 Å². The molecule has 0 unspecified atom stereocenters. The molecule has 3 aromatic heterocycles. The van der Waals surface area contributed by atoms with Crippen LogP contribution in [0.5, 0.6) is 11.5 Å². The summed E-state index contributed by atoms with van der Waals surface area (Å²) in [6.45, 7) is 5.63. The second kappa shape index (κ2) is 8.70. The molecule has 12 nitrogen and oxygen atoms in total. The number of hydrogen-bond acceptors (Lipinski definition) is 10. The van der Waals surface area contributed by atoms with E-state index in [2.05, 4.69) is 29.9 Å². The average Bonchev–Trinajstić information content (AvgIpc) is 3.50. The predicted molar refractivity (Wildman–Crippen MR) is 131 cm³/mol. The van der Waals surface area contributed by atoms with E-state index >= 15 is 0 Å². The summed E-state index contributed by atoms with van der Waals surface area (Å²) in [5.74, 6) is 1.27. The maximum Gasteiger partial charge on any atom is 0.231 e. The molecule has 5 rings (SSSR count). The number of sulfonamides is 1. The van der Waals surface area contributed by atoms with E-state index in [-0.39, 0.29) is 24.9 Å². The maximum absolute atomic E-state index is 12.7. The smallest absolute Gasteiger partial charge is 0.231 e. The number of aryl methyl sites for hydroxylation is 1. The van der Waals surface area contributed by atoms with Gasteiger partial charge < -0.3 is 19.8 Å². The van der Waals surface area contributed by atoms with E-state index in [0.29, 0.717) is 33.5 Å². The highest BCUT2D eigenvalue weighted by Crippen LogP contribution is 2.44. The number of anilines is 1. The van der Waals surface area contributed by atoms with E-state index in [1.165, 1.54) is 18.1 Å². The molecule has 1 aromatic carbocycles. The quantitative estimate of drug-likeness (QED) is 0.332. The number of nitrogens with one attached hydrogen (secondary N) is 2. The lowest BCUT2D eigenvalue weighted by Gasteiger charge is -2.20. The first kappa shape index (κ1) is 23.4. The highest BCUT2D eigenvalue weighted by Gasteiger charge is 2.25. The average molecular weight is 517 g/mol. The Balaban J connectivity index is 1.56. The van der Waals surface area contributed by atoms with Crippen LogP contribution in [-0.2, 0) is 16.6 Å². The standard InChI is InChI=1S/C21H24N8O4S2/c1-21(2,3)28-35(30,31)7-6-29-19-17(18(22)23-10-24-19)26-20(29)34-16-9-15-14(32-11-33-15)8-12(16)13-4-5-25-27-13/h4-5,8-10,28H,6-7,11H2,1-3H3,(H,25,27)(H2,22,23,24). The molecular weight excluding hydrogens is 492 g/mol.